The molecule has 3 nitrogen and oxygen atoms in total. The van der Waals surface area contributed by atoms with Crippen molar-refractivity contribution in [3.05, 3.63) is 83.1 Å². The molecule has 0 amide bonds. The maximum atomic E-state index is 11.9. The molecule has 2 aliphatic rings. The third-order valence-corrected chi connectivity index (χ3v) is 7.85. The number of hydrogen-bond donors (Lipinski definition) is 1. The molecule has 35 heavy (non-hydrogen) atoms. The van der Waals surface area contributed by atoms with Gasteiger partial charge in [0.15, 0.2) is 5.78 Å². The second kappa shape index (κ2) is 12.3. The number of pyridine rings is 1. The fourth-order valence-electron chi connectivity index (χ4n) is 5.95. The summed E-state index contributed by atoms with van der Waals surface area (Å²) < 4.78 is 0. The smallest absolute Gasteiger partial charge is 0.155 e. The van der Waals surface area contributed by atoms with Crippen LogP contribution in [0.5, 0.6) is 0 Å². The van der Waals surface area contributed by atoms with Crippen LogP contribution in [-0.2, 0) is 17.6 Å². The molecule has 1 aromatic heterocycles. The van der Waals surface area contributed by atoms with E-state index in [-0.39, 0.29) is 17.6 Å². The average Bonchev–Trinajstić information content (AvgIpc) is 3.49. The van der Waals surface area contributed by atoms with Crippen LogP contribution in [0.2, 0.25) is 0 Å². The van der Waals surface area contributed by atoms with Crippen molar-refractivity contribution in [3.8, 4) is 0 Å². The Labute approximate surface area is 212 Å². The topological polar surface area (TPSA) is 42.0 Å². The number of carbonyl (C=O) groups excluding carboxylic acids is 1. The first-order valence-corrected chi connectivity index (χ1v) is 13.7. The number of hydrogen-bond acceptors (Lipinski definition) is 3. The third-order valence-electron chi connectivity index (χ3n) is 7.85. The van der Waals surface area contributed by atoms with Crippen molar-refractivity contribution in [1.82, 2.24) is 4.98 Å². The van der Waals surface area contributed by atoms with Crippen molar-refractivity contribution in [1.29, 1.82) is 0 Å². The van der Waals surface area contributed by atoms with Crippen molar-refractivity contribution < 1.29 is 4.79 Å². The number of carbonyl (C=O) groups is 1. The second-order valence-electron chi connectivity index (χ2n) is 10.6. The molecule has 0 bridgehead atoms. The summed E-state index contributed by atoms with van der Waals surface area (Å²) in [5.74, 6) is 2.61. The van der Waals surface area contributed by atoms with E-state index in [2.05, 4.69) is 55.2 Å². The number of nitrogens with one attached hydrogen (secondary N) is 1. The van der Waals surface area contributed by atoms with E-state index in [0.717, 1.165) is 36.8 Å². The number of rotatable bonds is 12. The maximum Gasteiger partial charge on any atom is 0.155 e. The Morgan fingerprint density at radius 3 is 2.77 bits per heavy atom. The van der Waals surface area contributed by atoms with E-state index in [1.165, 1.54) is 67.2 Å². The van der Waals surface area contributed by atoms with E-state index >= 15 is 0 Å². The predicted molar refractivity (Wildman–Crippen MR) is 147 cm³/mol. The van der Waals surface area contributed by atoms with Crippen LogP contribution in [0.25, 0.3) is 0 Å². The Balaban J connectivity index is 1.52. The molecule has 1 aromatic carbocycles. The number of nitrogens with zero attached hydrogens (tertiary/aromatic N) is 1. The van der Waals surface area contributed by atoms with Crippen molar-refractivity contribution in [3.63, 3.8) is 0 Å². The average molecular weight is 471 g/mol. The Hall–Kier alpha value is -2.68. The van der Waals surface area contributed by atoms with Gasteiger partial charge in [0.1, 0.15) is 5.82 Å². The van der Waals surface area contributed by atoms with Gasteiger partial charge in [-0.1, -0.05) is 87.4 Å². The molecule has 4 rings (SSSR count). The molecule has 2 aliphatic carbocycles. The fourth-order valence-corrected chi connectivity index (χ4v) is 5.95. The summed E-state index contributed by atoms with van der Waals surface area (Å²) >= 11 is 0. The maximum absolute atomic E-state index is 11.9. The largest absolute Gasteiger partial charge is 0.370 e. The zero-order chi connectivity index (χ0) is 24.6. The highest BCUT2D eigenvalue weighted by atomic mass is 16.1. The summed E-state index contributed by atoms with van der Waals surface area (Å²) in [4.78, 5) is 17.1. The lowest BCUT2D eigenvalue weighted by molar-refractivity contribution is -0.114. The summed E-state index contributed by atoms with van der Waals surface area (Å²) in [5.41, 5.74) is 6.31. The quantitative estimate of drug-likeness (QED) is 0.196. The summed E-state index contributed by atoms with van der Waals surface area (Å²) in [6.45, 7) is 9.17. The van der Waals surface area contributed by atoms with Crippen LogP contribution in [0.3, 0.4) is 0 Å². The molecule has 1 saturated carbocycles. The molecule has 0 saturated heterocycles. The van der Waals surface area contributed by atoms with Crippen LogP contribution in [0.1, 0.15) is 92.2 Å². The highest BCUT2D eigenvalue weighted by Crippen LogP contribution is 2.43. The first-order chi connectivity index (χ1) is 17.1. The van der Waals surface area contributed by atoms with Crippen LogP contribution >= 0.6 is 0 Å². The standard InChI is InChI=1S/C32H42N2O/c1-4-29(35)17-16-26-21-27-22-28(20-25-15-10-11-23(3)19-25)34-32(31(27)30(26)5-2)33-18-9-8-14-24-12-6-7-13-24/h5,10-11,15-17,19,22,24,26,30H,2,4,6-9,12-14,18,20-21H2,1,3H3,(H,33,34)/b17-16+. The van der Waals surface area contributed by atoms with Crippen molar-refractivity contribution >= 4 is 11.6 Å². The zero-order valence-corrected chi connectivity index (χ0v) is 21.7. The second-order valence-corrected chi connectivity index (χ2v) is 10.6. The SMILES string of the molecule is C=CC1c2c(cc(Cc3cccc(C)c3)nc2NCCCCC2CCCC2)CC1/C=C/C(=O)CC. The number of aromatic nitrogens is 1. The number of unbranched alkanes of at least 4 members (excludes halogenated alkanes) is 1. The summed E-state index contributed by atoms with van der Waals surface area (Å²) in [6, 6.07) is 11.0. The summed E-state index contributed by atoms with van der Waals surface area (Å²) in [6.07, 6.45) is 17.8. The van der Waals surface area contributed by atoms with E-state index < -0.39 is 0 Å². The highest BCUT2D eigenvalue weighted by molar-refractivity contribution is 5.89. The minimum atomic E-state index is 0.183. The monoisotopic (exact) mass is 470 g/mol. The molecule has 3 heteroatoms. The zero-order valence-electron chi connectivity index (χ0n) is 21.7. The molecular formula is C32H42N2O. The number of anilines is 1. The van der Waals surface area contributed by atoms with Gasteiger partial charge in [-0.2, -0.15) is 0 Å². The van der Waals surface area contributed by atoms with Crippen LogP contribution in [0.4, 0.5) is 5.82 Å². The van der Waals surface area contributed by atoms with E-state index in [4.69, 9.17) is 4.98 Å². The van der Waals surface area contributed by atoms with E-state index in [1.54, 1.807) is 6.08 Å². The summed E-state index contributed by atoms with van der Waals surface area (Å²) in [7, 11) is 0. The van der Waals surface area contributed by atoms with Crippen molar-refractivity contribution in [2.45, 2.75) is 84.0 Å². The Morgan fingerprint density at radius 2 is 2.03 bits per heavy atom. The van der Waals surface area contributed by atoms with E-state index in [9.17, 15) is 4.79 Å². The van der Waals surface area contributed by atoms with Crippen molar-refractivity contribution in [2.24, 2.45) is 11.8 Å². The highest BCUT2D eigenvalue weighted by Gasteiger charge is 2.32. The Morgan fingerprint density at radius 1 is 1.20 bits per heavy atom. The molecule has 0 aliphatic heterocycles. The minimum absolute atomic E-state index is 0.183. The Kier molecular flexibility index (Phi) is 8.95. The molecule has 186 valence electrons. The van der Waals surface area contributed by atoms with Gasteiger partial charge in [-0.15, -0.1) is 6.58 Å². The van der Waals surface area contributed by atoms with E-state index in [1.807, 2.05) is 13.0 Å². The molecule has 2 atom stereocenters. The first kappa shape index (κ1) is 25.4. The van der Waals surface area contributed by atoms with Gasteiger partial charge in [0, 0.05) is 36.6 Å². The van der Waals surface area contributed by atoms with Crippen LogP contribution in [-0.4, -0.2) is 17.3 Å². The lowest BCUT2D eigenvalue weighted by Crippen LogP contribution is -2.11. The Bertz CT molecular complexity index is 1050. The number of ketones is 1. The normalized spacial score (nSPS) is 19.8. The van der Waals surface area contributed by atoms with Gasteiger partial charge in [-0.25, -0.2) is 4.98 Å². The van der Waals surface area contributed by atoms with Gasteiger partial charge in [-0.05, 0) is 54.9 Å². The third kappa shape index (κ3) is 6.72. The van der Waals surface area contributed by atoms with Crippen molar-refractivity contribution in [2.75, 3.05) is 11.9 Å². The van der Waals surface area contributed by atoms with E-state index in [0.29, 0.717) is 6.42 Å². The molecule has 2 unspecified atom stereocenters. The van der Waals surface area contributed by atoms with Gasteiger partial charge >= 0.3 is 0 Å². The van der Waals surface area contributed by atoms with Crippen LogP contribution < -0.4 is 5.32 Å². The molecular weight excluding hydrogens is 428 g/mol. The van der Waals surface area contributed by atoms with Gasteiger partial charge in [0.05, 0.1) is 0 Å². The lowest BCUT2D eigenvalue weighted by Gasteiger charge is -2.18. The number of allylic oxidation sites excluding steroid dienone is 3. The predicted octanol–water partition coefficient (Wildman–Crippen LogP) is 7.73. The molecule has 1 fully saturated rings. The molecule has 2 aromatic rings. The minimum Gasteiger partial charge on any atom is -0.370 e. The molecule has 0 spiro atoms. The van der Waals surface area contributed by atoms with Gasteiger partial charge in [-0.3, -0.25) is 4.79 Å². The van der Waals surface area contributed by atoms with Gasteiger partial charge < -0.3 is 5.32 Å². The number of fused-ring (bicyclic) bond motifs is 1. The lowest BCUT2D eigenvalue weighted by atomic mass is 9.92. The number of aryl methyl sites for hydroxylation is 1. The van der Waals surface area contributed by atoms with Crippen LogP contribution in [0, 0.1) is 18.8 Å². The molecule has 1 heterocycles. The number of benzene rings is 1. The fraction of sp³-hybridized carbons (Fsp3) is 0.500. The van der Waals surface area contributed by atoms with Crippen LogP contribution in [0.15, 0.2) is 55.1 Å². The van der Waals surface area contributed by atoms with Gasteiger partial charge in [0.25, 0.3) is 0 Å². The molecule has 0 radical (unpaired) electrons. The molecule has 1 N–H and O–H groups in total. The first-order valence-electron chi connectivity index (χ1n) is 13.7. The van der Waals surface area contributed by atoms with Gasteiger partial charge in [0.2, 0.25) is 0 Å². The summed E-state index contributed by atoms with van der Waals surface area (Å²) in [5, 5.41) is 3.72.